The average Bonchev–Trinajstić information content (AvgIpc) is 2.86. The van der Waals surface area contributed by atoms with E-state index < -0.39 is 0 Å². The summed E-state index contributed by atoms with van der Waals surface area (Å²) in [7, 11) is 0. The number of piperazine rings is 1. The van der Waals surface area contributed by atoms with Gasteiger partial charge in [0, 0.05) is 37.4 Å². The molecular weight excluding hydrogens is 260 g/mol. The van der Waals surface area contributed by atoms with Crippen LogP contribution in [0.3, 0.4) is 0 Å². The van der Waals surface area contributed by atoms with Gasteiger partial charge in [0.05, 0.1) is 11.9 Å². The summed E-state index contributed by atoms with van der Waals surface area (Å²) in [5.74, 6) is 0.626. The lowest BCUT2D eigenvalue weighted by Crippen LogP contribution is -2.61. The Morgan fingerprint density at radius 3 is 2.38 bits per heavy atom. The molecule has 0 amide bonds. The predicted octanol–water partition coefficient (Wildman–Crippen LogP) is 3.31. The van der Waals surface area contributed by atoms with E-state index >= 15 is 0 Å². The fraction of sp³-hybridized carbons (Fsp3) is 0.824. The lowest BCUT2D eigenvalue weighted by atomic mass is 9.83. The van der Waals surface area contributed by atoms with Gasteiger partial charge >= 0.3 is 0 Å². The number of hydrogen-bond acceptors (Lipinski definition) is 3. The first-order chi connectivity index (χ1) is 9.70. The van der Waals surface area contributed by atoms with Crippen molar-refractivity contribution >= 4 is 5.69 Å². The highest BCUT2D eigenvalue weighted by Crippen LogP contribution is 2.29. The van der Waals surface area contributed by atoms with Crippen LogP contribution in [0.25, 0.3) is 0 Å². The molecule has 2 heterocycles. The highest BCUT2D eigenvalue weighted by Gasteiger charge is 2.35. The molecule has 1 saturated heterocycles. The first-order valence-electron chi connectivity index (χ1n) is 8.24. The Balaban J connectivity index is 2.25. The largest absolute Gasteiger partial charge is 0.363 e. The zero-order valence-electron chi connectivity index (χ0n) is 14.7. The van der Waals surface area contributed by atoms with Crippen molar-refractivity contribution in [3.8, 4) is 0 Å². The zero-order chi connectivity index (χ0) is 15.8. The second kappa shape index (κ2) is 5.99. The maximum atomic E-state index is 4.53. The first-order valence-corrected chi connectivity index (χ1v) is 8.24. The van der Waals surface area contributed by atoms with E-state index in [4.69, 9.17) is 0 Å². The summed E-state index contributed by atoms with van der Waals surface area (Å²) in [4.78, 5) is 2.56. The molecule has 4 heteroatoms. The quantitative estimate of drug-likeness (QED) is 0.928. The van der Waals surface area contributed by atoms with Crippen LogP contribution >= 0.6 is 0 Å². The van der Waals surface area contributed by atoms with Crippen LogP contribution in [-0.4, -0.2) is 35.0 Å². The van der Waals surface area contributed by atoms with E-state index in [1.54, 1.807) is 0 Å². The molecule has 0 spiro atoms. The van der Waals surface area contributed by atoms with E-state index in [0.717, 1.165) is 13.1 Å². The molecule has 2 unspecified atom stereocenters. The van der Waals surface area contributed by atoms with E-state index in [1.807, 2.05) is 6.20 Å². The molecule has 0 aromatic carbocycles. The lowest BCUT2D eigenvalue weighted by molar-refractivity contribution is 0.221. The predicted molar refractivity (Wildman–Crippen MR) is 89.8 cm³/mol. The van der Waals surface area contributed by atoms with Crippen molar-refractivity contribution in [2.75, 3.05) is 18.0 Å². The van der Waals surface area contributed by atoms with Gasteiger partial charge in [0.15, 0.2) is 0 Å². The molecule has 120 valence electrons. The third-order valence-electron chi connectivity index (χ3n) is 4.62. The van der Waals surface area contributed by atoms with Gasteiger partial charge in [-0.15, -0.1) is 0 Å². The van der Waals surface area contributed by atoms with Crippen molar-refractivity contribution in [3.63, 3.8) is 0 Å². The van der Waals surface area contributed by atoms with Crippen LogP contribution in [-0.2, 0) is 0 Å². The Labute approximate surface area is 129 Å². The molecule has 2 atom stereocenters. The number of nitrogens with zero attached hydrogens (tertiary/aromatic N) is 3. The number of hydrogen-bond donors (Lipinski definition) is 1. The van der Waals surface area contributed by atoms with E-state index in [0.29, 0.717) is 24.0 Å². The maximum Gasteiger partial charge on any atom is 0.0756 e. The van der Waals surface area contributed by atoms with Crippen molar-refractivity contribution in [1.29, 1.82) is 0 Å². The summed E-state index contributed by atoms with van der Waals surface area (Å²) in [6.07, 6.45) is 4.23. The number of nitrogens with one attached hydrogen (secondary N) is 1. The van der Waals surface area contributed by atoms with Crippen molar-refractivity contribution in [2.24, 2.45) is 11.3 Å². The maximum absolute atomic E-state index is 4.53. The van der Waals surface area contributed by atoms with Gasteiger partial charge in [-0.1, -0.05) is 34.6 Å². The molecule has 1 aliphatic rings. The van der Waals surface area contributed by atoms with Gasteiger partial charge in [-0.3, -0.25) is 4.68 Å². The molecule has 1 aromatic heterocycles. The molecule has 1 aliphatic heterocycles. The van der Waals surface area contributed by atoms with E-state index in [2.05, 4.69) is 74.7 Å². The SMILES string of the molecule is CC(C)C1CNC(C(C)(C)C)CN1c1cnn(C(C)C)c1. The van der Waals surface area contributed by atoms with Crippen LogP contribution in [0.15, 0.2) is 12.4 Å². The van der Waals surface area contributed by atoms with Gasteiger partial charge < -0.3 is 10.2 Å². The first kappa shape index (κ1) is 16.3. The summed E-state index contributed by atoms with van der Waals surface area (Å²) in [5.41, 5.74) is 1.53. The fourth-order valence-corrected chi connectivity index (χ4v) is 3.00. The Bertz CT molecular complexity index is 456. The Morgan fingerprint density at radius 1 is 1.24 bits per heavy atom. The van der Waals surface area contributed by atoms with Gasteiger partial charge in [0.25, 0.3) is 0 Å². The second-order valence-electron chi connectivity index (χ2n) is 8.06. The van der Waals surface area contributed by atoms with Gasteiger partial charge in [0.1, 0.15) is 0 Å². The van der Waals surface area contributed by atoms with Gasteiger partial charge in [-0.05, 0) is 25.2 Å². The molecule has 1 N–H and O–H groups in total. The van der Waals surface area contributed by atoms with Crippen LogP contribution < -0.4 is 10.2 Å². The third kappa shape index (κ3) is 3.60. The molecule has 1 aromatic rings. The third-order valence-corrected chi connectivity index (χ3v) is 4.62. The average molecular weight is 292 g/mol. The van der Waals surface area contributed by atoms with Crippen molar-refractivity contribution in [1.82, 2.24) is 15.1 Å². The normalized spacial score (nSPS) is 24.1. The minimum Gasteiger partial charge on any atom is -0.363 e. The molecule has 0 aliphatic carbocycles. The van der Waals surface area contributed by atoms with E-state index in [9.17, 15) is 0 Å². The zero-order valence-corrected chi connectivity index (χ0v) is 14.7. The van der Waals surface area contributed by atoms with Crippen LogP contribution in [0.5, 0.6) is 0 Å². The molecule has 0 radical (unpaired) electrons. The molecule has 2 rings (SSSR count). The highest BCUT2D eigenvalue weighted by molar-refractivity contribution is 5.45. The van der Waals surface area contributed by atoms with Crippen LogP contribution in [0.2, 0.25) is 0 Å². The summed E-state index contributed by atoms with van der Waals surface area (Å²) in [5, 5.41) is 8.28. The fourth-order valence-electron chi connectivity index (χ4n) is 3.00. The minimum absolute atomic E-state index is 0.272. The molecule has 1 fully saturated rings. The highest BCUT2D eigenvalue weighted by atomic mass is 15.3. The van der Waals surface area contributed by atoms with Crippen LogP contribution in [0.1, 0.15) is 54.5 Å². The van der Waals surface area contributed by atoms with Crippen molar-refractivity contribution < 1.29 is 0 Å². The molecule has 0 saturated carbocycles. The van der Waals surface area contributed by atoms with Crippen LogP contribution in [0, 0.1) is 11.3 Å². The van der Waals surface area contributed by atoms with E-state index in [1.165, 1.54) is 5.69 Å². The smallest absolute Gasteiger partial charge is 0.0756 e. The van der Waals surface area contributed by atoms with Crippen molar-refractivity contribution in [3.05, 3.63) is 12.4 Å². The van der Waals surface area contributed by atoms with Crippen LogP contribution in [0.4, 0.5) is 5.69 Å². The molecule has 4 nitrogen and oxygen atoms in total. The Kier molecular flexibility index (Phi) is 4.66. The molecule has 21 heavy (non-hydrogen) atoms. The topological polar surface area (TPSA) is 33.1 Å². The lowest BCUT2D eigenvalue weighted by Gasteiger charge is -2.47. The van der Waals surface area contributed by atoms with Gasteiger partial charge in [-0.2, -0.15) is 5.10 Å². The summed E-state index contributed by atoms with van der Waals surface area (Å²) < 4.78 is 2.06. The summed E-state index contributed by atoms with van der Waals surface area (Å²) in [6, 6.07) is 1.46. The second-order valence-corrected chi connectivity index (χ2v) is 8.06. The summed E-state index contributed by atoms with van der Waals surface area (Å²) in [6.45, 7) is 18.0. The number of rotatable bonds is 3. The standard InChI is InChI=1S/C17H32N4/c1-12(2)15-9-18-16(17(5,6)7)11-20(15)14-8-19-21(10-14)13(3)4/h8,10,12-13,15-16,18H,9,11H2,1-7H3. The minimum atomic E-state index is 0.272. The van der Waals surface area contributed by atoms with Gasteiger partial charge in [0.2, 0.25) is 0 Å². The Hall–Kier alpha value is -1.03. The number of anilines is 1. The monoisotopic (exact) mass is 292 g/mol. The Morgan fingerprint density at radius 2 is 1.90 bits per heavy atom. The van der Waals surface area contributed by atoms with E-state index in [-0.39, 0.29) is 5.41 Å². The number of aromatic nitrogens is 2. The van der Waals surface area contributed by atoms with Crippen molar-refractivity contribution in [2.45, 2.75) is 66.6 Å². The van der Waals surface area contributed by atoms with Gasteiger partial charge in [-0.25, -0.2) is 0 Å². The summed E-state index contributed by atoms with van der Waals surface area (Å²) >= 11 is 0. The molecular formula is C17H32N4. The molecule has 0 bridgehead atoms.